The molecule has 1 aromatic carbocycles. The summed E-state index contributed by atoms with van der Waals surface area (Å²) in [5, 5.41) is 2.40. The van der Waals surface area contributed by atoms with Crippen molar-refractivity contribution in [2.45, 2.75) is 26.1 Å². The summed E-state index contributed by atoms with van der Waals surface area (Å²) in [6.07, 6.45) is -3.15. The summed E-state index contributed by atoms with van der Waals surface area (Å²) < 4.78 is 41.7. The van der Waals surface area contributed by atoms with E-state index < -0.39 is 11.7 Å². The molecule has 0 saturated heterocycles. The van der Waals surface area contributed by atoms with E-state index in [1.165, 1.54) is 15.9 Å². The number of hydrogen-bond donors (Lipinski definition) is 0. The Bertz CT molecular complexity index is 1400. The molecule has 1 aliphatic heterocycles. The molecule has 0 amide bonds. The number of rotatable bonds is 2. The number of halogens is 4. The van der Waals surface area contributed by atoms with Gasteiger partial charge in [-0.2, -0.15) is 13.2 Å². The molecular formula is C22H16ClF3N4OS. The van der Waals surface area contributed by atoms with Crippen LogP contribution in [0.4, 0.5) is 19.1 Å². The van der Waals surface area contributed by atoms with Gasteiger partial charge in [0.25, 0.3) is 5.56 Å². The van der Waals surface area contributed by atoms with Crippen LogP contribution in [0, 0.1) is 6.92 Å². The molecule has 0 fully saturated rings. The fourth-order valence-corrected chi connectivity index (χ4v) is 4.90. The molecule has 0 bridgehead atoms. The van der Waals surface area contributed by atoms with Gasteiger partial charge >= 0.3 is 6.18 Å². The van der Waals surface area contributed by atoms with E-state index in [2.05, 4.69) is 4.98 Å². The zero-order valence-electron chi connectivity index (χ0n) is 16.8. The molecule has 5 nitrogen and oxygen atoms in total. The highest BCUT2D eigenvalue weighted by atomic mass is 35.5. The maximum Gasteiger partial charge on any atom is 0.417 e. The normalized spacial score (nSPS) is 14.1. The standard InChI is InChI=1S/C22H16ClF3N4OS/c1-12-11-32-19-18(12)28-21(30(20(19)31)16-4-2-15(23)3-5-16)29-7-6-17-13(10-29)8-14(9-27-17)22(24,25)26/h2-5,8-9,11H,6-7,10H2,1H3. The molecule has 0 unspecified atom stereocenters. The molecule has 32 heavy (non-hydrogen) atoms. The van der Waals surface area contributed by atoms with Crippen molar-refractivity contribution in [1.29, 1.82) is 0 Å². The number of anilines is 1. The lowest BCUT2D eigenvalue weighted by molar-refractivity contribution is -0.137. The maximum atomic E-state index is 13.4. The highest BCUT2D eigenvalue weighted by Gasteiger charge is 2.33. The number of fused-ring (bicyclic) bond motifs is 2. The maximum absolute atomic E-state index is 13.4. The summed E-state index contributed by atoms with van der Waals surface area (Å²) in [7, 11) is 0. The van der Waals surface area contributed by atoms with Crippen LogP contribution >= 0.6 is 22.9 Å². The lowest BCUT2D eigenvalue weighted by Gasteiger charge is -2.31. The molecule has 4 heterocycles. The number of alkyl halides is 3. The van der Waals surface area contributed by atoms with Crippen LogP contribution in [0.5, 0.6) is 0 Å². The lowest BCUT2D eigenvalue weighted by atomic mass is 10.0. The second-order valence-corrected chi connectivity index (χ2v) is 8.94. The van der Waals surface area contributed by atoms with Crippen molar-refractivity contribution in [2.75, 3.05) is 11.4 Å². The van der Waals surface area contributed by atoms with Crippen LogP contribution in [0.2, 0.25) is 5.02 Å². The van der Waals surface area contributed by atoms with Gasteiger partial charge in [-0.3, -0.25) is 9.78 Å². The number of thiophene rings is 1. The van der Waals surface area contributed by atoms with Crippen molar-refractivity contribution in [3.63, 3.8) is 0 Å². The van der Waals surface area contributed by atoms with Crippen LogP contribution in [0.25, 0.3) is 15.9 Å². The minimum atomic E-state index is -4.47. The third-order valence-electron chi connectivity index (χ3n) is 5.49. The second kappa shape index (κ2) is 7.60. The number of benzene rings is 1. The fourth-order valence-electron chi connectivity index (χ4n) is 3.86. The van der Waals surface area contributed by atoms with Crippen molar-refractivity contribution >= 4 is 39.1 Å². The quantitative estimate of drug-likeness (QED) is 0.389. The van der Waals surface area contributed by atoms with Gasteiger partial charge in [-0.25, -0.2) is 9.55 Å². The molecule has 10 heteroatoms. The van der Waals surface area contributed by atoms with Crippen LogP contribution < -0.4 is 10.5 Å². The molecule has 0 saturated carbocycles. The largest absolute Gasteiger partial charge is 0.417 e. The SMILES string of the molecule is Cc1csc2c(=O)n(-c3ccc(Cl)cc3)c(N3CCc4ncc(C(F)(F)F)cc4C3)nc12. The molecule has 4 aromatic rings. The Morgan fingerprint density at radius 1 is 1.19 bits per heavy atom. The molecule has 0 N–H and O–H groups in total. The molecule has 164 valence electrons. The van der Waals surface area contributed by atoms with Crippen molar-refractivity contribution < 1.29 is 13.2 Å². The molecule has 0 radical (unpaired) electrons. The van der Waals surface area contributed by atoms with Gasteiger partial charge in [0.2, 0.25) is 5.95 Å². The van der Waals surface area contributed by atoms with Gasteiger partial charge in [0.15, 0.2) is 0 Å². The molecule has 5 rings (SSSR count). The molecule has 1 aliphatic rings. The summed E-state index contributed by atoms with van der Waals surface area (Å²) in [5.74, 6) is 0.384. The Labute approximate surface area is 189 Å². The van der Waals surface area contributed by atoms with Crippen LogP contribution in [-0.2, 0) is 19.1 Å². The minimum absolute atomic E-state index is 0.168. The summed E-state index contributed by atoms with van der Waals surface area (Å²) in [6, 6.07) is 7.95. The number of nitrogens with zero attached hydrogens (tertiary/aromatic N) is 4. The average Bonchev–Trinajstić information content (AvgIpc) is 3.14. The monoisotopic (exact) mass is 476 g/mol. The van der Waals surface area contributed by atoms with Gasteiger partial charge < -0.3 is 4.90 Å². The van der Waals surface area contributed by atoms with E-state index in [1.54, 1.807) is 24.3 Å². The van der Waals surface area contributed by atoms with Crippen molar-refractivity contribution in [3.8, 4) is 5.69 Å². The third-order valence-corrected chi connectivity index (χ3v) is 6.81. The Balaban J connectivity index is 1.67. The van der Waals surface area contributed by atoms with E-state index in [0.29, 0.717) is 51.1 Å². The van der Waals surface area contributed by atoms with Gasteiger partial charge in [-0.05, 0) is 53.8 Å². The van der Waals surface area contributed by atoms with Gasteiger partial charge in [-0.15, -0.1) is 11.3 Å². The summed E-state index contributed by atoms with van der Waals surface area (Å²) in [5.41, 5.74) is 2.16. The zero-order chi connectivity index (χ0) is 22.6. The summed E-state index contributed by atoms with van der Waals surface area (Å²) in [6.45, 7) is 2.52. The predicted molar refractivity (Wildman–Crippen MR) is 119 cm³/mol. The van der Waals surface area contributed by atoms with E-state index in [9.17, 15) is 18.0 Å². The lowest BCUT2D eigenvalue weighted by Crippen LogP contribution is -2.36. The van der Waals surface area contributed by atoms with Crippen molar-refractivity contribution in [2.24, 2.45) is 0 Å². The topological polar surface area (TPSA) is 51.0 Å². The van der Waals surface area contributed by atoms with E-state index in [4.69, 9.17) is 16.6 Å². The van der Waals surface area contributed by atoms with Crippen LogP contribution in [0.15, 0.2) is 46.7 Å². The molecule has 0 atom stereocenters. The first kappa shape index (κ1) is 21.0. The highest BCUT2D eigenvalue weighted by Crippen LogP contribution is 2.33. The third kappa shape index (κ3) is 3.55. The Morgan fingerprint density at radius 2 is 1.94 bits per heavy atom. The summed E-state index contributed by atoms with van der Waals surface area (Å²) >= 11 is 7.35. The van der Waals surface area contributed by atoms with Crippen molar-refractivity contribution in [3.05, 3.63) is 79.7 Å². The van der Waals surface area contributed by atoms with Gasteiger partial charge in [-0.1, -0.05) is 11.6 Å². The number of aryl methyl sites for hydroxylation is 1. The van der Waals surface area contributed by atoms with E-state index in [-0.39, 0.29) is 12.1 Å². The van der Waals surface area contributed by atoms with Gasteiger partial charge in [0.05, 0.1) is 16.8 Å². The van der Waals surface area contributed by atoms with Crippen LogP contribution in [0.3, 0.4) is 0 Å². The molecular weight excluding hydrogens is 461 g/mol. The number of pyridine rings is 1. The Morgan fingerprint density at radius 3 is 2.66 bits per heavy atom. The highest BCUT2D eigenvalue weighted by molar-refractivity contribution is 7.17. The summed E-state index contributed by atoms with van der Waals surface area (Å²) in [4.78, 5) is 24.1. The molecule has 3 aromatic heterocycles. The first-order chi connectivity index (χ1) is 15.2. The fraction of sp³-hybridized carbons (Fsp3) is 0.227. The number of hydrogen-bond acceptors (Lipinski definition) is 5. The van der Waals surface area contributed by atoms with E-state index in [1.807, 2.05) is 17.2 Å². The molecule has 0 aliphatic carbocycles. The Kier molecular flexibility index (Phi) is 4.98. The van der Waals surface area contributed by atoms with Crippen LogP contribution in [-0.4, -0.2) is 21.1 Å². The van der Waals surface area contributed by atoms with Crippen molar-refractivity contribution in [1.82, 2.24) is 14.5 Å². The molecule has 0 spiro atoms. The first-order valence-corrected chi connectivity index (χ1v) is 11.0. The van der Waals surface area contributed by atoms with Crippen LogP contribution in [0.1, 0.15) is 22.4 Å². The smallest absolute Gasteiger partial charge is 0.337 e. The minimum Gasteiger partial charge on any atom is -0.337 e. The van der Waals surface area contributed by atoms with E-state index in [0.717, 1.165) is 17.8 Å². The number of aromatic nitrogens is 3. The zero-order valence-corrected chi connectivity index (χ0v) is 18.4. The second-order valence-electron chi connectivity index (χ2n) is 7.62. The van der Waals surface area contributed by atoms with Gasteiger partial charge in [0, 0.05) is 36.4 Å². The first-order valence-electron chi connectivity index (χ1n) is 9.79. The average molecular weight is 477 g/mol. The predicted octanol–water partition coefficient (Wildman–Crippen LogP) is 5.39. The van der Waals surface area contributed by atoms with E-state index >= 15 is 0 Å². The van der Waals surface area contributed by atoms with Gasteiger partial charge in [0.1, 0.15) is 4.70 Å². The Hall–Kier alpha value is -2.91.